The van der Waals surface area contributed by atoms with E-state index in [1.165, 1.54) is 11.3 Å². The van der Waals surface area contributed by atoms with Gasteiger partial charge < -0.3 is 5.32 Å². The van der Waals surface area contributed by atoms with Crippen LogP contribution in [0.25, 0.3) is 0 Å². The van der Waals surface area contributed by atoms with Gasteiger partial charge in [0.1, 0.15) is 4.21 Å². The van der Waals surface area contributed by atoms with Crippen LogP contribution in [0, 0.1) is 0 Å². The van der Waals surface area contributed by atoms with Crippen LogP contribution >= 0.6 is 11.3 Å². The summed E-state index contributed by atoms with van der Waals surface area (Å²) >= 11 is 1.29. The summed E-state index contributed by atoms with van der Waals surface area (Å²) in [6.45, 7) is 4.29. The fourth-order valence-corrected chi connectivity index (χ4v) is 5.00. The van der Waals surface area contributed by atoms with Gasteiger partial charge in [-0.2, -0.15) is 4.31 Å². The zero-order chi connectivity index (χ0) is 12.3. The van der Waals surface area contributed by atoms with E-state index in [4.69, 9.17) is 0 Å². The van der Waals surface area contributed by atoms with E-state index in [1.807, 2.05) is 12.3 Å². The van der Waals surface area contributed by atoms with Crippen LogP contribution in [0.1, 0.15) is 19.8 Å². The maximum absolute atomic E-state index is 12.5. The van der Waals surface area contributed by atoms with Crippen molar-refractivity contribution in [2.24, 2.45) is 0 Å². The largest absolute Gasteiger partial charge is 0.315 e. The van der Waals surface area contributed by atoms with Crippen LogP contribution in [0.3, 0.4) is 0 Å². The van der Waals surface area contributed by atoms with Crippen molar-refractivity contribution in [2.75, 3.05) is 19.6 Å². The quantitative estimate of drug-likeness (QED) is 0.885. The molecule has 1 N–H and O–H groups in total. The topological polar surface area (TPSA) is 49.4 Å². The third kappa shape index (κ3) is 2.70. The summed E-state index contributed by atoms with van der Waals surface area (Å²) in [6, 6.07) is 3.58. The van der Waals surface area contributed by atoms with E-state index in [1.54, 1.807) is 16.4 Å². The predicted molar refractivity (Wildman–Crippen MR) is 69.8 cm³/mol. The van der Waals surface area contributed by atoms with Gasteiger partial charge in [-0.25, -0.2) is 8.42 Å². The number of sulfonamides is 1. The molecule has 0 saturated carbocycles. The van der Waals surface area contributed by atoms with Crippen molar-refractivity contribution in [3.8, 4) is 0 Å². The Morgan fingerprint density at radius 3 is 2.94 bits per heavy atom. The Balaban J connectivity index is 2.26. The first-order valence-corrected chi connectivity index (χ1v) is 8.24. The minimum atomic E-state index is -3.29. The van der Waals surface area contributed by atoms with Gasteiger partial charge in [0, 0.05) is 19.1 Å². The lowest BCUT2D eigenvalue weighted by Gasteiger charge is -2.26. The first-order chi connectivity index (χ1) is 8.16. The van der Waals surface area contributed by atoms with Crippen LogP contribution in [-0.2, 0) is 10.0 Å². The summed E-state index contributed by atoms with van der Waals surface area (Å²) in [5, 5.41) is 5.04. The van der Waals surface area contributed by atoms with Crippen LogP contribution in [0.15, 0.2) is 21.7 Å². The fourth-order valence-electron chi connectivity index (χ4n) is 2.13. The molecule has 0 bridgehead atoms. The average molecular weight is 274 g/mol. The van der Waals surface area contributed by atoms with Crippen LogP contribution in [0.5, 0.6) is 0 Å². The minimum Gasteiger partial charge on any atom is -0.315 e. The molecule has 1 aliphatic heterocycles. The molecule has 4 nitrogen and oxygen atoms in total. The van der Waals surface area contributed by atoms with E-state index in [9.17, 15) is 8.42 Å². The van der Waals surface area contributed by atoms with Crippen molar-refractivity contribution in [1.82, 2.24) is 9.62 Å². The Morgan fingerprint density at radius 2 is 2.41 bits per heavy atom. The lowest BCUT2D eigenvalue weighted by atomic mass is 10.2. The zero-order valence-electron chi connectivity index (χ0n) is 9.93. The van der Waals surface area contributed by atoms with Crippen molar-refractivity contribution in [1.29, 1.82) is 0 Å². The predicted octanol–water partition coefficient (Wildman–Crippen LogP) is 1.51. The second kappa shape index (κ2) is 5.48. The Kier molecular flexibility index (Phi) is 4.19. The van der Waals surface area contributed by atoms with E-state index in [0.29, 0.717) is 10.8 Å². The summed E-state index contributed by atoms with van der Waals surface area (Å²) in [5.41, 5.74) is 0. The molecular weight excluding hydrogens is 256 g/mol. The van der Waals surface area contributed by atoms with Crippen molar-refractivity contribution < 1.29 is 8.42 Å². The number of nitrogens with one attached hydrogen (secondary N) is 1. The summed E-state index contributed by atoms with van der Waals surface area (Å²) in [4.78, 5) is 0. The first kappa shape index (κ1) is 13.0. The third-order valence-corrected chi connectivity index (χ3v) is 6.27. The van der Waals surface area contributed by atoms with Gasteiger partial charge in [-0.05, 0) is 30.8 Å². The highest BCUT2D eigenvalue weighted by atomic mass is 32.2. The van der Waals surface area contributed by atoms with Crippen LogP contribution < -0.4 is 5.32 Å². The second-order valence-corrected chi connectivity index (χ2v) is 7.26. The molecule has 1 aliphatic rings. The molecule has 0 unspecified atom stereocenters. The van der Waals surface area contributed by atoms with Gasteiger partial charge in [0.15, 0.2) is 0 Å². The standard InChI is InChI=1S/C11H18N2O2S2/c1-2-7-13(10-5-6-12-9-10)17(14,15)11-4-3-8-16-11/h3-4,8,10,12H,2,5-7,9H2,1H3/t10-/m1/s1. The Bertz CT molecular complexity index is 436. The monoisotopic (exact) mass is 274 g/mol. The molecule has 0 spiro atoms. The molecule has 1 aromatic rings. The number of nitrogens with zero attached hydrogens (tertiary/aromatic N) is 1. The van der Waals surface area contributed by atoms with Crippen LogP contribution in [0.2, 0.25) is 0 Å². The van der Waals surface area contributed by atoms with Crippen LogP contribution in [-0.4, -0.2) is 38.4 Å². The van der Waals surface area contributed by atoms with Crippen molar-refractivity contribution in [3.05, 3.63) is 17.5 Å². The van der Waals surface area contributed by atoms with Crippen LogP contribution in [0.4, 0.5) is 0 Å². The maximum atomic E-state index is 12.5. The van der Waals surface area contributed by atoms with Gasteiger partial charge in [-0.15, -0.1) is 11.3 Å². The number of thiophene rings is 1. The van der Waals surface area contributed by atoms with Gasteiger partial charge in [0.2, 0.25) is 0 Å². The average Bonchev–Trinajstić information content (AvgIpc) is 2.97. The van der Waals surface area contributed by atoms with E-state index in [0.717, 1.165) is 25.9 Å². The molecule has 2 heterocycles. The van der Waals surface area contributed by atoms with Gasteiger partial charge in [-0.1, -0.05) is 13.0 Å². The zero-order valence-corrected chi connectivity index (χ0v) is 11.6. The number of hydrogen-bond acceptors (Lipinski definition) is 4. The van der Waals surface area contributed by atoms with Crippen molar-refractivity contribution >= 4 is 21.4 Å². The highest BCUT2D eigenvalue weighted by molar-refractivity contribution is 7.91. The molecule has 0 radical (unpaired) electrons. The van der Waals surface area contributed by atoms with Crippen molar-refractivity contribution in [3.63, 3.8) is 0 Å². The van der Waals surface area contributed by atoms with E-state index in [2.05, 4.69) is 5.32 Å². The Morgan fingerprint density at radius 1 is 1.59 bits per heavy atom. The van der Waals surface area contributed by atoms with E-state index < -0.39 is 10.0 Å². The van der Waals surface area contributed by atoms with Gasteiger partial charge in [0.25, 0.3) is 10.0 Å². The molecule has 1 fully saturated rings. The third-order valence-electron chi connectivity index (χ3n) is 2.94. The molecule has 2 rings (SSSR count). The van der Waals surface area contributed by atoms with Crippen molar-refractivity contribution in [2.45, 2.75) is 30.0 Å². The normalized spacial score (nSPS) is 21.2. The molecular formula is C11H18N2O2S2. The van der Waals surface area contributed by atoms with Gasteiger partial charge in [0.05, 0.1) is 0 Å². The van der Waals surface area contributed by atoms with E-state index in [-0.39, 0.29) is 6.04 Å². The summed E-state index contributed by atoms with van der Waals surface area (Å²) in [7, 11) is -3.29. The number of rotatable bonds is 5. The maximum Gasteiger partial charge on any atom is 0.252 e. The van der Waals surface area contributed by atoms with Gasteiger partial charge >= 0.3 is 0 Å². The highest BCUT2D eigenvalue weighted by Crippen LogP contribution is 2.24. The summed E-state index contributed by atoms with van der Waals surface area (Å²) in [5.74, 6) is 0. The molecule has 17 heavy (non-hydrogen) atoms. The molecule has 6 heteroatoms. The van der Waals surface area contributed by atoms with E-state index >= 15 is 0 Å². The molecule has 1 saturated heterocycles. The molecule has 1 atom stereocenters. The lowest BCUT2D eigenvalue weighted by Crippen LogP contribution is -2.41. The fraction of sp³-hybridized carbons (Fsp3) is 0.636. The Hall–Kier alpha value is -0.430. The molecule has 0 amide bonds. The Labute approximate surface area is 107 Å². The number of hydrogen-bond donors (Lipinski definition) is 1. The minimum absolute atomic E-state index is 0.113. The first-order valence-electron chi connectivity index (χ1n) is 5.92. The SMILES string of the molecule is CCCN([C@@H]1CCNC1)S(=O)(=O)c1cccs1. The lowest BCUT2D eigenvalue weighted by molar-refractivity contribution is 0.336. The summed E-state index contributed by atoms with van der Waals surface area (Å²) < 4.78 is 27.1. The molecule has 0 aromatic carbocycles. The summed E-state index contributed by atoms with van der Waals surface area (Å²) in [6.07, 6.45) is 1.76. The molecule has 96 valence electrons. The second-order valence-electron chi connectivity index (χ2n) is 4.19. The highest BCUT2D eigenvalue weighted by Gasteiger charge is 2.32. The smallest absolute Gasteiger partial charge is 0.252 e. The van der Waals surface area contributed by atoms with Gasteiger partial charge in [-0.3, -0.25) is 0 Å². The molecule has 1 aromatic heterocycles. The molecule has 0 aliphatic carbocycles.